The van der Waals surface area contributed by atoms with Gasteiger partial charge in [-0.2, -0.15) is 0 Å². The minimum absolute atomic E-state index is 0.223. The summed E-state index contributed by atoms with van der Waals surface area (Å²) in [6.07, 6.45) is 6.82. The van der Waals surface area contributed by atoms with Gasteiger partial charge in [0.1, 0.15) is 11.5 Å². The maximum atomic E-state index is 10.2. The fourth-order valence-electron chi connectivity index (χ4n) is 5.18. The van der Waals surface area contributed by atoms with E-state index in [0.717, 1.165) is 71.5 Å². The van der Waals surface area contributed by atoms with Gasteiger partial charge in [0.2, 0.25) is 6.79 Å². The van der Waals surface area contributed by atoms with E-state index in [0.29, 0.717) is 11.8 Å². The average Bonchev–Trinajstić information content (AvgIpc) is 3.34. The topological polar surface area (TPSA) is 69.4 Å². The van der Waals surface area contributed by atoms with Gasteiger partial charge in [0.05, 0.1) is 17.5 Å². The molecule has 158 valence electrons. The number of aliphatic hydroxyl groups is 1. The highest BCUT2D eigenvalue weighted by Gasteiger charge is 2.35. The third kappa shape index (κ3) is 3.13. The summed E-state index contributed by atoms with van der Waals surface area (Å²) in [5, 5.41) is 10.2. The van der Waals surface area contributed by atoms with Crippen molar-refractivity contribution in [1.29, 1.82) is 0 Å². The zero-order valence-electron chi connectivity index (χ0n) is 17.5. The first kappa shape index (κ1) is 18.6. The molecule has 2 aromatic heterocycles. The number of allylic oxidation sites excluding steroid dienone is 2. The van der Waals surface area contributed by atoms with Crippen molar-refractivity contribution in [2.24, 2.45) is 5.92 Å². The van der Waals surface area contributed by atoms with Crippen LogP contribution < -0.4 is 9.47 Å². The normalized spacial score (nSPS) is 23.9. The molecule has 1 aromatic carbocycles. The second-order valence-electron chi connectivity index (χ2n) is 8.68. The second-order valence-corrected chi connectivity index (χ2v) is 8.68. The van der Waals surface area contributed by atoms with E-state index in [1.165, 1.54) is 0 Å². The first-order valence-electron chi connectivity index (χ1n) is 11.0. The average molecular weight is 415 g/mol. The van der Waals surface area contributed by atoms with Gasteiger partial charge in [-0.3, -0.25) is 4.98 Å². The van der Waals surface area contributed by atoms with Crippen LogP contribution >= 0.6 is 0 Å². The summed E-state index contributed by atoms with van der Waals surface area (Å²) in [6.45, 7) is 3.01. The molecule has 0 amide bonds. The molecule has 1 saturated carbocycles. The predicted molar refractivity (Wildman–Crippen MR) is 117 cm³/mol. The van der Waals surface area contributed by atoms with Crippen LogP contribution in [0.25, 0.3) is 22.6 Å². The van der Waals surface area contributed by atoms with Crippen LogP contribution in [0.5, 0.6) is 11.5 Å². The van der Waals surface area contributed by atoms with Gasteiger partial charge in [-0.25, -0.2) is 4.98 Å². The molecule has 1 N–H and O–H groups in total. The monoisotopic (exact) mass is 415 g/mol. The number of benzene rings is 1. The van der Waals surface area contributed by atoms with Crippen LogP contribution in [0.1, 0.15) is 36.7 Å². The molecule has 2 unspecified atom stereocenters. The first-order valence-corrected chi connectivity index (χ1v) is 11.0. The maximum absolute atomic E-state index is 10.2. The zero-order valence-corrected chi connectivity index (χ0v) is 17.5. The van der Waals surface area contributed by atoms with Crippen molar-refractivity contribution in [3.63, 3.8) is 0 Å². The number of aryl methyl sites for hydroxylation is 1. The Kier molecular flexibility index (Phi) is 4.35. The molecule has 3 aliphatic rings. The van der Waals surface area contributed by atoms with Gasteiger partial charge in [-0.05, 0) is 62.4 Å². The molecule has 1 fully saturated rings. The molecule has 4 heterocycles. The lowest BCUT2D eigenvalue weighted by Gasteiger charge is -2.31. The molecule has 0 spiro atoms. The smallest absolute Gasteiger partial charge is 0.231 e. The standard InChI is InChI=1S/C25H25N3O3/c1-15-4-2-6-20(26-15)23-24(17-7-10-21-22(13-17)31-14-30-21)28-11-3-5-16-12-18(29)8-9-19(16)25(28)27-23/h2-7,10,13,16,18-19,29H,8-9,11-12,14H2,1H3/t16-,18?,19?/m0/s1. The summed E-state index contributed by atoms with van der Waals surface area (Å²) < 4.78 is 13.5. The fourth-order valence-corrected chi connectivity index (χ4v) is 5.18. The predicted octanol–water partition coefficient (Wildman–Crippen LogP) is 4.46. The van der Waals surface area contributed by atoms with Crippen LogP contribution in [0.15, 0.2) is 48.6 Å². The number of fused-ring (bicyclic) bond motifs is 4. The van der Waals surface area contributed by atoms with Crippen LogP contribution in [0.4, 0.5) is 0 Å². The highest BCUT2D eigenvalue weighted by molar-refractivity contribution is 5.79. The Labute approximate surface area is 181 Å². The molecule has 0 saturated heterocycles. The largest absolute Gasteiger partial charge is 0.454 e. The van der Waals surface area contributed by atoms with E-state index in [4.69, 9.17) is 19.4 Å². The first-order chi connectivity index (χ1) is 15.2. The summed E-state index contributed by atoms with van der Waals surface area (Å²) >= 11 is 0. The summed E-state index contributed by atoms with van der Waals surface area (Å²) in [7, 11) is 0. The van der Waals surface area contributed by atoms with Crippen molar-refractivity contribution in [3.8, 4) is 34.1 Å². The number of aromatic nitrogens is 3. The third-order valence-corrected chi connectivity index (χ3v) is 6.65. The minimum Gasteiger partial charge on any atom is -0.454 e. The van der Waals surface area contributed by atoms with Crippen molar-refractivity contribution < 1.29 is 14.6 Å². The summed E-state index contributed by atoms with van der Waals surface area (Å²) in [5.74, 6) is 3.24. The highest BCUT2D eigenvalue weighted by atomic mass is 16.7. The van der Waals surface area contributed by atoms with Crippen molar-refractivity contribution in [1.82, 2.24) is 14.5 Å². The molecule has 3 aromatic rings. The van der Waals surface area contributed by atoms with E-state index in [1.54, 1.807) is 0 Å². The Morgan fingerprint density at radius 3 is 2.87 bits per heavy atom. The Morgan fingerprint density at radius 1 is 1.06 bits per heavy atom. The zero-order chi connectivity index (χ0) is 20.9. The van der Waals surface area contributed by atoms with E-state index in [-0.39, 0.29) is 12.9 Å². The summed E-state index contributed by atoms with van der Waals surface area (Å²) in [4.78, 5) is 10.0. The van der Waals surface area contributed by atoms with Gasteiger partial charge in [-0.15, -0.1) is 0 Å². The Bertz CT molecular complexity index is 1180. The van der Waals surface area contributed by atoms with E-state index in [2.05, 4.69) is 22.8 Å². The third-order valence-electron chi connectivity index (χ3n) is 6.65. The molecule has 6 heteroatoms. The molecule has 31 heavy (non-hydrogen) atoms. The number of hydrogen-bond acceptors (Lipinski definition) is 5. The molecule has 1 aliphatic carbocycles. The van der Waals surface area contributed by atoms with Crippen molar-refractivity contribution >= 4 is 0 Å². The molecule has 6 rings (SSSR count). The summed E-state index contributed by atoms with van der Waals surface area (Å²) in [6, 6.07) is 12.2. The lowest BCUT2D eigenvalue weighted by atomic mass is 9.77. The Balaban J connectivity index is 1.56. The van der Waals surface area contributed by atoms with E-state index >= 15 is 0 Å². The quantitative estimate of drug-likeness (QED) is 0.626. The Morgan fingerprint density at radius 2 is 1.97 bits per heavy atom. The highest BCUT2D eigenvalue weighted by Crippen LogP contribution is 2.45. The van der Waals surface area contributed by atoms with E-state index < -0.39 is 0 Å². The van der Waals surface area contributed by atoms with Crippen molar-refractivity contribution in [2.75, 3.05) is 6.79 Å². The number of rotatable bonds is 2. The lowest BCUT2D eigenvalue weighted by Crippen LogP contribution is -2.26. The maximum Gasteiger partial charge on any atom is 0.231 e. The number of ether oxygens (including phenoxy) is 2. The number of hydrogen-bond donors (Lipinski definition) is 1. The number of pyridine rings is 1. The SMILES string of the molecule is Cc1cccc(-c2nc3n(c2-c2ccc4c(c2)OCO4)CC=C[C@H]2CC(O)CCC32)n1. The van der Waals surface area contributed by atoms with Gasteiger partial charge in [0.15, 0.2) is 11.5 Å². The number of nitrogens with zero attached hydrogens (tertiary/aromatic N) is 3. The van der Waals surface area contributed by atoms with E-state index in [1.807, 2.05) is 37.3 Å². The van der Waals surface area contributed by atoms with Gasteiger partial charge in [-0.1, -0.05) is 18.2 Å². The molecule has 0 radical (unpaired) electrons. The molecule has 0 bridgehead atoms. The van der Waals surface area contributed by atoms with Crippen molar-refractivity contribution in [2.45, 2.75) is 44.8 Å². The molecule has 6 nitrogen and oxygen atoms in total. The van der Waals surface area contributed by atoms with Gasteiger partial charge >= 0.3 is 0 Å². The number of imidazole rings is 1. The van der Waals surface area contributed by atoms with E-state index in [9.17, 15) is 5.11 Å². The lowest BCUT2D eigenvalue weighted by molar-refractivity contribution is 0.101. The van der Waals surface area contributed by atoms with Gasteiger partial charge in [0.25, 0.3) is 0 Å². The van der Waals surface area contributed by atoms with Crippen LogP contribution in [0.3, 0.4) is 0 Å². The van der Waals surface area contributed by atoms with Gasteiger partial charge < -0.3 is 19.1 Å². The molecule has 3 atom stereocenters. The second kappa shape index (κ2) is 7.24. The van der Waals surface area contributed by atoms with Crippen molar-refractivity contribution in [3.05, 3.63) is 60.1 Å². The fraction of sp³-hybridized carbons (Fsp3) is 0.360. The molecular formula is C25H25N3O3. The molecule has 2 aliphatic heterocycles. The minimum atomic E-state index is -0.223. The van der Waals surface area contributed by atoms with Crippen LogP contribution in [-0.4, -0.2) is 32.5 Å². The summed E-state index contributed by atoms with van der Waals surface area (Å²) in [5.41, 5.74) is 4.85. The van der Waals surface area contributed by atoms with Crippen LogP contribution in [0, 0.1) is 12.8 Å². The van der Waals surface area contributed by atoms with Crippen LogP contribution in [0.2, 0.25) is 0 Å². The Hall–Kier alpha value is -3.12. The van der Waals surface area contributed by atoms with Gasteiger partial charge in [0, 0.05) is 23.7 Å². The van der Waals surface area contributed by atoms with Crippen LogP contribution in [-0.2, 0) is 6.54 Å². The number of aliphatic hydroxyl groups excluding tert-OH is 1. The molecular weight excluding hydrogens is 390 g/mol.